The van der Waals surface area contributed by atoms with Gasteiger partial charge >= 0.3 is 5.97 Å². The molecule has 0 saturated heterocycles. The number of carbonyl (C=O) groups is 1. The van der Waals surface area contributed by atoms with Crippen LogP contribution in [0, 0.1) is 12.3 Å². The lowest BCUT2D eigenvalue weighted by Crippen LogP contribution is -2.13. The first kappa shape index (κ1) is 21.1. The topological polar surface area (TPSA) is 121 Å². The SMILES string of the molecule is CSc1sc(C(=N)N)cc1S(=O)(=O)c1ccc(C)c(-c2ccccc2)c1C(=O)O. The maximum Gasteiger partial charge on any atom is 0.337 e. The van der Waals surface area contributed by atoms with E-state index in [2.05, 4.69) is 0 Å². The van der Waals surface area contributed by atoms with Gasteiger partial charge in [0.2, 0.25) is 9.84 Å². The third kappa shape index (κ3) is 3.81. The van der Waals surface area contributed by atoms with Gasteiger partial charge in [0, 0.05) is 5.56 Å². The first-order chi connectivity index (χ1) is 13.7. The van der Waals surface area contributed by atoms with Gasteiger partial charge in [0.1, 0.15) is 5.84 Å². The summed E-state index contributed by atoms with van der Waals surface area (Å²) in [7, 11) is -4.16. The van der Waals surface area contributed by atoms with Gasteiger partial charge < -0.3 is 10.8 Å². The van der Waals surface area contributed by atoms with E-state index in [9.17, 15) is 18.3 Å². The number of aryl methyl sites for hydroxylation is 1. The smallest absolute Gasteiger partial charge is 0.337 e. The maximum absolute atomic E-state index is 13.5. The second-order valence-electron chi connectivity index (χ2n) is 6.19. The summed E-state index contributed by atoms with van der Waals surface area (Å²) >= 11 is 2.31. The molecule has 2 aromatic carbocycles. The van der Waals surface area contributed by atoms with Crippen LogP contribution in [-0.2, 0) is 9.84 Å². The number of carboxylic acids is 1. The van der Waals surface area contributed by atoms with Gasteiger partial charge in [-0.15, -0.1) is 23.1 Å². The highest BCUT2D eigenvalue weighted by Gasteiger charge is 2.31. The number of carboxylic acid groups (broad SMARTS) is 1. The molecule has 0 spiro atoms. The average molecular weight is 447 g/mol. The predicted octanol–water partition coefficient (Wildman–Crippen LogP) is 4.26. The second-order valence-corrected chi connectivity index (χ2v) is 10.2. The fourth-order valence-electron chi connectivity index (χ4n) is 3.04. The number of rotatable bonds is 6. The molecule has 150 valence electrons. The van der Waals surface area contributed by atoms with Crippen molar-refractivity contribution in [3.63, 3.8) is 0 Å². The van der Waals surface area contributed by atoms with Crippen LogP contribution in [0.1, 0.15) is 20.8 Å². The molecule has 0 aliphatic carbocycles. The Balaban J connectivity index is 2.35. The van der Waals surface area contributed by atoms with Crippen molar-refractivity contribution < 1.29 is 18.3 Å². The molecule has 0 amide bonds. The molecule has 0 unspecified atom stereocenters. The van der Waals surface area contributed by atoms with Crippen molar-refractivity contribution in [1.29, 1.82) is 5.41 Å². The molecule has 6 nitrogen and oxygen atoms in total. The van der Waals surface area contributed by atoms with Crippen molar-refractivity contribution in [3.05, 3.63) is 64.5 Å². The van der Waals surface area contributed by atoms with Crippen LogP contribution in [-0.4, -0.2) is 31.6 Å². The molecular weight excluding hydrogens is 428 g/mol. The quantitative estimate of drug-likeness (QED) is 0.295. The van der Waals surface area contributed by atoms with Crippen molar-refractivity contribution >= 4 is 44.7 Å². The molecule has 0 aliphatic heterocycles. The fourth-order valence-corrected chi connectivity index (χ4v) is 7.09. The molecule has 1 aromatic heterocycles. The molecule has 4 N–H and O–H groups in total. The lowest BCUT2D eigenvalue weighted by atomic mass is 9.95. The van der Waals surface area contributed by atoms with Crippen LogP contribution < -0.4 is 5.73 Å². The molecule has 0 saturated carbocycles. The number of sulfone groups is 1. The number of amidine groups is 1. The number of hydrogen-bond acceptors (Lipinski definition) is 6. The molecule has 0 bridgehead atoms. The van der Waals surface area contributed by atoms with Crippen LogP contribution in [0.3, 0.4) is 0 Å². The Bertz CT molecular complexity index is 1220. The zero-order chi connectivity index (χ0) is 21.3. The minimum atomic E-state index is -4.16. The Morgan fingerprint density at radius 1 is 1.14 bits per heavy atom. The van der Waals surface area contributed by atoms with E-state index in [-0.39, 0.29) is 21.2 Å². The first-order valence-electron chi connectivity index (χ1n) is 8.38. The first-order valence-corrected chi connectivity index (χ1v) is 11.9. The van der Waals surface area contributed by atoms with Crippen molar-refractivity contribution in [2.24, 2.45) is 5.73 Å². The van der Waals surface area contributed by atoms with E-state index < -0.39 is 15.8 Å². The lowest BCUT2D eigenvalue weighted by Gasteiger charge is -2.15. The predicted molar refractivity (Wildman–Crippen MR) is 116 cm³/mol. The highest BCUT2D eigenvalue weighted by molar-refractivity contribution is 8.01. The van der Waals surface area contributed by atoms with E-state index in [4.69, 9.17) is 11.1 Å². The molecule has 0 atom stereocenters. The molecule has 3 aromatic rings. The third-order valence-electron chi connectivity index (χ3n) is 4.35. The van der Waals surface area contributed by atoms with E-state index in [0.717, 1.165) is 11.3 Å². The lowest BCUT2D eigenvalue weighted by molar-refractivity contribution is 0.0693. The third-order valence-corrected chi connectivity index (χ3v) is 8.73. The number of thioether (sulfide) groups is 1. The molecule has 9 heteroatoms. The summed E-state index contributed by atoms with van der Waals surface area (Å²) < 4.78 is 27.4. The van der Waals surface area contributed by atoms with Crippen LogP contribution in [0.4, 0.5) is 0 Å². The standard InChI is InChI=1S/C20H18N2O4S3/c1-11-8-9-14(17(19(23)24)16(11)12-6-4-3-5-7-12)29(25,26)15-10-13(18(21)22)28-20(15)27-2/h3-10H,1-2H3,(H3,21,22)(H,23,24). The molecule has 3 rings (SSSR count). The van der Waals surface area contributed by atoms with Crippen LogP contribution in [0.25, 0.3) is 11.1 Å². The van der Waals surface area contributed by atoms with Gasteiger partial charge in [-0.25, -0.2) is 13.2 Å². The maximum atomic E-state index is 13.5. The summed E-state index contributed by atoms with van der Waals surface area (Å²) in [5, 5.41) is 17.5. The van der Waals surface area contributed by atoms with E-state index in [1.165, 1.54) is 23.9 Å². The Morgan fingerprint density at radius 3 is 2.34 bits per heavy atom. The highest BCUT2D eigenvalue weighted by atomic mass is 32.2. The normalized spacial score (nSPS) is 11.4. The minimum absolute atomic E-state index is 0.0365. The summed E-state index contributed by atoms with van der Waals surface area (Å²) in [6.45, 7) is 1.75. The van der Waals surface area contributed by atoms with Gasteiger partial charge in [0.25, 0.3) is 0 Å². The van der Waals surface area contributed by atoms with E-state index in [1.807, 2.05) is 0 Å². The van der Waals surface area contributed by atoms with Crippen LogP contribution >= 0.6 is 23.1 Å². The van der Waals surface area contributed by atoms with Crippen LogP contribution in [0.2, 0.25) is 0 Å². The molecule has 0 radical (unpaired) electrons. The number of aromatic carboxylic acids is 1. The number of nitrogen functional groups attached to an aromatic ring is 1. The Hall–Kier alpha value is -2.62. The van der Waals surface area contributed by atoms with Crippen molar-refractivity contribution in [2.45, 2.75) is 20.9 Å². The molecule has 0 fully saturated rings. The van der Waals surface area contributed by atoms with E-state index in [1.54, 1.807) is 49.6 Å². The van der Waals surface area contributed by atoms with Gasteiger partial charge in [0.15, 0.2) is 0 Å². The average Bonchev–Trinajstić information content (AvgIpc) is 3.14. The zero-order valence-corrected chi connectivity index (χ0v) is 18.0. The summed E-state index contributed by atoms with van der Waals surface area (Å²) in [5.74, 6) is -1.56. The van der Waals surface area contributed by atoms with Crippen molar-refractivity contribution in [2.75, 3.05) is 6.26 Å². The van der Waals surface area contributed by atoms with Gasteiger partial charge in [-0.3, -0.25) is 5.41 Å². The van der Waals surface area contributed by atoms with Crippen LogP contribution in [0.15, 0.2) is 62.5 Å². The molecular formula is C20H18N2O4S3. The molecule has 29 heavy (non-hydrogen) atoms. The minimum Gasteiger partial charge on any atom is -0.478 e. The van der Waals surface area contributed by atoms with E-state index in [0.29, 0.717) is 25.8 Å². The monoisotopic (exact) mass is 446 g/mol. The second kappa shape index (κ2) is 8.02. The summed E-state index contributed by atoms with van der Waals surface area (Å²) in [4.78, 5) is 12.2. The number of nitrogens with two attached hydrogens (primary N) is 1. The van der Waals surface area contributed by atoms with Crippen molar-refractivity contribution in [3.8, 4) is 11.1 Å². The Labute approximate surface area is 176 Å². The van der Waals surface area contributed by atoms with Gasteiger partial charge in [-0.2, -0.15) is 0 Å². The molecule has 0 aliphatic rings. The number of nitrogens with one attached hydrogen (secondary N) is 1. The largest absolute Gasteiger partial charge is 0.478 e. The van der Waals surface area contributed by atoms with E-state index >= 15 is 0 Å². The number of hydrogen-bond donors (Lipinski definition) is 3. The fraction of sp³-hybridized carbons (Fsp3) is 0.100. The Morgan fingerprint density at radius 2 is 1.79 bits per heavy atom. The van der Waals surface area contributed by atoms with Gasteiger partial charge in [0.05, 0.1) is 24.4 Å². The van der Waals surface area contributed by atoms with Gasteiger partial charge in [-0.1, -0.05) is 36.4 Å². The van der Waals surface area contributed by atoms with Gasteiger partial charge in [-0.05, 0) is 36.4 Å². The number of thiophene rings is 1. The summed E-state index contributed by atoms with van der Waals surface area (Å²) in [6, 6.07) is 13.1. The Kier molecular flexibility index (Phi) is 5.83. The number of benzene rings is 2. The highest BCUT2D eigenvalue weighted by Crippen LogP contribution is 2.40. The zero-order valence-electron chi connectivity index (χ0n) is 15.6. The van der Waals surface area contributed by atoms with Crippen LogP contribution in [0.5, 0.6) is 0 Å². The molecule has 1 heterocycles. The van der Waals surface area contributed by atoms with Crippen molar-refractivity contribution in [1.82, 2.24) is 0 Å². The summed E-state index contributed by atoms with van der Waals surface area (Å²) in [5.41, 5.74) is 6.91. The summed E-state index contributed by atoms with van der Waals surface area (Å²) in [6.07, 6.45) is 1.72.